The van der Waals surface area contributed by atoms with E-state index >= 15 is 0 Å². The number of fused-ring (bicyclic) bond motifs is 2. The van der Waals surface area contributed by atoms with Crippen molar-refractivity contribution in [1.82, 2.24) is 9.80 Å². The third kappa shape index (κ3) is 7.63. The van der Waals surface area contributed by atoms with E-state index < -0.39 is 12.1 Å². The lowest BCUT2D eigenvalue weighted by atomic mass is 10.0. The molecule has 0 saturated carbocycles. The number of methoxy groups -OCH3 is 2. The fourth-order valence-electron chi connectivity index (χ4n) is 5.54. The highest BCUT2D eigenvalue weighted by atomic mass is 35.5. The Morgan fingerprint density at radius 2 is 1.09 bits per heavy atom. The molecule has 0 radical (unpaired) electrons. The monoisotopic (exact) mass is 678 g/mol. The molecule has 2 aromatic heterocycles. The zero-order valence-electron chi connectivity index (χ0n) is 23.8. The average molecular weight is 680 g/mol. The van der Waals surface area contributed by atoms with Gasteiger partial charge in [-0.05, 0) is 70.1 Å². The van der Waals surface area contributed by atoms with Crippen molar-refractivity contribution >= 4 is 70.2 Å². The Balaban J connectivity index is 0.000000192. The zero-order valence-corrected chi connectivity index (χ0v) is 27.8. The second-order valence-electron chi connectivity index (χ2n) is 10.1. The molecule has 2 aromatic carbocycles. The highest BCUT2D eigenvalue weighted by Crippen LogP contribution is 2.35. The van der Waals surface area contributed by atoms with Crippen LogP contribution in [0.1, 0.15) is 44.1 Å². The first-order chi connectivity index (χ1) is 20.4. The minimum Gasteiger partial charge on any atom is -0.468 e. The lowest BCUT2D eigenvalue weighted by Gasteiger charge is -2.33. The van der Waals surface area contributed by atoms with E-state index in [-0.39, 0.29) is 24.3 Å². The standard InChI is InChI=1S/2C16H16ClNO2S.ClH/c2*1-20-16(19)15(12-4-2-3-5-13(12)17)18-8-6-14-11(10-18)7-9-21-14;/h2*2-5,7,9,15H,6,8,10H2,1H3;1H/t2*15-;/m00./s1. The number of halogens is 3. The number of carbonyl (C=O) groups excluding carboxylic acids is 2. The quantitative estimate of drug-likeness (QED) is 0.194. The van der Waals surface area contributed by atoms with E-state index in [9.17, 15) is 9.59 Å². The Hall–Kier alpha value is -2.43. The number of nitrogens with zero attached hydrogens (tertiary/aromatic N) is 2. The van der Waals surface area contributed by atoms with Gasteiger partial charge < -0.3 is 9.47 Å². The first kappa shape index (κ1) is 33.5. The Morgan fingerprint density at radius 1 is 0.698 bits per heavy atom. The maximum atomic E-state index is 12.3. The van der Waals surface area contributed by atoms with Crippen LogP contribution in [0.5, 0.6) is 0 Å². The van der Waals surface area contributed by atoms with Crippen molar-refractivity contribution in [3.8, 4) is 0 Å². The summed E-state index contributed by atoms with van der Waals surface area (Å²) >= 11 is 16.1. The van der Waals surface area contributed by atoms with Gasteiger partial charge in [-0.15, -0.1) is 35.1 Å². The predicted molar refractivity (Wildman–Crippen MR) is 177 cm³/mol. The van der Waals surface area contributed by atoms with Crippen LogP contribution in [-0.2, 0) is 45.0 Å². The number of esters is 2. The van der Waals surface area contributed by atoms with Gasteiger partial charge in [0.1, 0.15) is 12.1 Å². The second-order valence-corrected chi connectivity index (χ2v) is 12.9. The molecule has 0 spiro atoms. The molecule has 0 fully saturated rings. The molecule has 0 N–H and O–H groups in total. The summed E-state index contributed by atoms with van der Waals surface area (Å²) in [4.78, 5) is 31.7. The highest BCUT2D eigenvalue weighted by Gasteiger charge is 2.34. The molecule has 228 valence electrons. The number of rotatable bonds is 6. The highest BCUT2D eigenvalue weighted by molar-refractivity contribution is 7.10. The van der Waals surface area contributed by atoms with E-state index in [1.807, 2.05) is 48.5 Å². The molecule has 6 rings (SSSR count). The fraction of sp³-hybridized carbons (Fsp3) is 0.312. The molecule has 0 saturated heterocycles. The van der Waals surface area contributed by atoms with Crippen molar-refractivity contribution in [2.45, 2.75) is 38.0 Å². The number of benzene rings is 2. The van der Waals surface area contributed by atoms with E-state index in [0.717, 1.165) is 50.1 Å². The summed E-state index contributed by atoms with van der Waals surface area (Å²) in [7, 11) is 2.85. The minimum absolute atomic E-state index is 0. The van der Waals surface area contributed by atoms with Gasteiger partial charge in [-0.1, -0.05) is 59.6 Å². The minimum atomic E-state index is -0.447. The van der Waals surface area contributed by atoms with Crippen LogP contribution in [-0.4, -0.2) is 49.0 Å². The number of thiophene rings is 2. The van der Waals surface area contributed by atoms with Crippen molar-refractivity contribution in [3.05, 3.63) is 113 Å². The van der Waals surface area contributed by atoms with Crippen LogP contribution in [0.25, 0.3) is 0 Å². The van der Waals surface area contributed by atoms with E-state index in [4.69, 9.17) is 32.7 Å². The van der Waals surface area contributed by atoms with E-state index in [1.165, 1.54) is 35.1 Å². The SMILES string of the molecule is COC(=O)[C@H](c1ccccc1Cl)N1CCc2sccc2C1.COC(=O)[C@H](c1ccccc1Cl)N1CCc2sccc2C1.Cl. The van der Waals surface area contributed by atoms with Crippen LogP contribution in [0.3, 0.4) is 0 Å². The lowest BCUT2D eigenvalue weighted by Crippen LogP contribution is -2.38. The lowest BCUT2D eigenvalue weighted by molar-refractivity contribution is -0.148. The van der Waals surface area contributed by atoms with Crippen molar-refractivity contribution in [3.63, 3.8) is 0 Å². The summed E-state index contributed by atoms with van der Waals surface area (Å²) in [5.41, 5.74) is 4.22. The van der Waals surface area contributed by atoms with Gasteiger partial charge in [-0.2, -0.15) is 0 Å². The van der Waals surface area contributed by atoms with Gasteiger partial charge >= 0.3 is 11.9 Å². The van der Waals surface area contributed by atoms with Crippen molar-refractivity contribution in [2.75, 3.05) is 27.3 Å². The largest absolute Gasteiger partial charge is 0.468 e. The maximum Gasteiger partial charge on any atom is 0.327 e. The molecule has 2 aliphatic rings. The Bertz CT molecular complexity index is 1430. The van der Waals surface area contributed by atoms with Gasteiger partial charge in [0.15, 0.2) is 0 Å². The van der Waals surface area contributed by atoms with Crippen molar-refractivity contribution < 1.29 is 19.1 Å². The van der Waals surface area contributed by atoms with E-state index in [2.05, 4.69) is 32.7 Å². The molecular formula is C32H33Cl3N2O4S2. The molecule has 0 bridgehead atoms. The van der Waals surface area contributed by atoms with Crippen LogP contribution in [0.2, 0.25) is 10.0 Å². The summed E-state index contributed by atoms with van der Waals surface area (Å²) in [6, 6.07) is 18.3. The van der Waals surface area contributed by atoms with Gasteiger partial charge in [0.25, 0.3) is 0 Å². The molecule has 2 atom stereocenters. The molecule has 0 aliphatic carbocycles. The number of hydrogen-bond donors (Lipinski definition) is 0. The van der Waals surface area contributed by atoms with Gasteiger partial charge in [0.2, 0.25) is 0 Å². The van der Waals surface area contributed by atoms with Crippen LogP contribution in [0.4, 0.5) is 0 Å². The van der Waals surface area contributed by atoms with E-state index in [1.54, 1.807) is 22.7 Å². The topological polar surface area (TPSA) is 59.1 Å². The molecule has 2 aliphatic heterocycles. The third-order valence-corrected chi connectivity index (χ3v) is 10.4. The summed E-state index contributed by atoms with van der Waals surface area (Å²) < 4.78 is 10.0. The van der Waals surface area contributed by atoms with Gasteiger partial charge in [0.05, 0.1) is 14.2 Å². The van der Waals surface area contributed by atoms with Gasteiger partial charge in [-0.25, -0.2) is 9.59 Å². The van der Waals surface area contributed by atoms with Crippen LogP contribution in [0, 0.1) is 0 Å². The van der Waals surface area contributed by atoms with Crippen molar-refractivity contribution in [2.24, 2.45) is 0 Å². The summed E-state index contributed by atoms with van der Waals surface area (Å²) in [6.45, 7) is 3.17. The summed E-state index contributed by atoms with van der Waals surface area (Å²) in [6.07, 6.45) is 1.93. The summed E-state index contributed by atoms with van der Waals surface area (Å²) in [5.74, 6) is -0.524. The average Bonchev–Trinajstić information content (AvgIpc) is 3.68. The molecule has 0 amide bonds. The Labute approximate surface area is 276 Å². The summed E-state index contributed by atoms with van der Waals surface area (Å²) in [5, 5.41) is 5.42. The smallest absolute Gasteiger partial charge is 0.327 e. The predicted octanol–water partition coefficient (Wildman–Crippen LogP) is 7.77. The molecule has 4 aromatic rings. The molecule has 43 heavy (non-hydrogen) atoms. The molecule has 6 nitrogen and oxygen atoms in total. The molecule has 11 heteroatoms. The fourth-order valence-corrected chi connectivity index (χ4v) is 7.80. The van der Waals surface area contributed by atoms with Gasteiger partial charge in [-0.3, -0.25) is 9.80 Å². The van der Waals surface area contributed by atoms with Gasteiger partial charge in [0, 0.05) is 46.0 Å². The first-order valence-corrected chi connectivity index (χ1v) is 16.2. The Kier molecular flexibility index (Phi) is 12.1. The number of hydrogen-bond acceptors (Lipinski definition) is 8. The first-order valence-electron chi connectivity index (χ1n) is 13.6. The molecule has 4 heterocycles. The second kappa shape index (κ2) is 15.5. The van der Waals surface area contributed by atoms with Crippen LogP contribution in [0.15, 0.2) is 71.4 Å². The van der Waals surface area contributed by atoms with Crippen LogP contribution >= 0.6 is 58.3 Å². The van der Waals surface area contributed by atoms with Crippen molar-refractivity contribution in [1.29, 1.82) is 0 Å². The molecule has 0 unspecified atom stereocenters. The number of carbonyl (C=O) groups is 2. The van der Waals surface area contributed by atoms with E-state index in [0.29, 0.717) is 10.0 Å². The van der Waals surface area contributed by atoms with Crippen LogP contribution < -0.4 is 0 Å². The third-order valence-electron chi connectivity index (χ3n) is 7.65. The Morgan fingerprint density at radius 3 is 1.47 bits per heavy atom. The number of ether oxygens (including phenoxy) is 2. The zero-order chi connectivity index (χ0) is 29.6. The molecular weight excluding hydrogens is 647 g/mol. The maximum absolute atomic E-state index is 12.3. The normalized spacial score (nSPS) is 15.9.